The van der Waals surface area contributed by atoms with E-state index in [0.29, 0.717) is 30.7 Å². The monoisotopic (exact) mass is 594 g/mol. The summed E-state index contributed by atoms with van der Waals surface area (Å²) in [5.41, 5.74) is 2.68. The van der Waals surface area contributed by atoms with Crippen LogP contribution in [0.2, 0.25) is 0 Å². The number of aliphatic hydroxyl groups is 1. The number of ether oxygens (including phenoxy) is 2. The first-order chi connectivity index (χ1) is 20.4. The van der Waals surface area contributed by atoms with Gasteiger partial charge in [-0.25, -0.2) is 15.0 Å². The Kier molecular flexibility index (Phi) is 9.06. The van der Waals surface area contributed by atoms with Crippen molar-refractivity contribution >= 4 is 38.5 Å². The highest BCUT2D eigenvalue weighted by molar-refractivity contribution is 7.22. The summed E-state index contributed by atoms with van der Waals surface area (Å²) in [5, 5.41) is 20.0. The third-order valence-electron chi connectivity index (χ3n) is 8.41. The minimum absolute atomic E-state index is 0.00847. The Morgan fingerprint density at radius 3 is 2.69 bits per heavy atom. The third kappa shape index (κ3) is 6.95. The molecular weight excluding hydrogens is 556 g/mol. The Morgan fingerprint density at radius 1 is 1.12 bits per heavy atom. The first kappa shape index (κ1) is 29.1. The zero-order chi connectivity index (χ0) is 29.1. The molecular formula is C30H38N6O5S. The fourth-order valence-corrected chi connectivity index (χ4v) is 6.70. The molecule has 0 radical (unpaired) electrons. The predicted octanol–water partition coefficient (Wildman–Crippen LogP) is 3.03. The maximum Gasteiger partial charge on any atom is 0.229 e. The SMILES string of the molecule is C[C@@H](CNC(=O)[C@@H]1CCOC1)NC1CC(C(=O)Nc2nc3ccc(-c4cnc(CO[C@H]5CCC[C@@H]5O)nc4)cc3s2)C1. The van der Waals surface area contributed by atoms with Crippen LogP contribution in [0.4, 0.5) is 5.13 Å². The quantitative estimate of drug-likeness (QED) is 0.263. The molecule has 0 bridgehead atoms. The van der Waals surface area contributed by atoms with Crippen LogP contribution in [0.5, 0.6) is 0 Å². The van der Waals surface area contributed by atoms with E-state index in [4.69, 9.17) is 9.47 Å². The number of carbonyl (C=O) groups is 2. The van der Waals surface area contributed by atoms with Crippen molar-refractivity contribution in [2.45, 2.75) is 76.3 Å². The van der Waals surface area contributed by atoms with Gasteiger partial charge in [0.25, 0.3) is 0 Å². The standard InChI is InChI=1S/C30H38N6O5S/c1-17(12-33-28(38)19-7-8-40-15-19)34-22-9-20(10-22)29(39)36-30-35-23-6-5-18(11-26(23)42-30)21-13-31-27(32-14-21)16-41-25-4-2-3-24(25)37/h5-6,11,13-14,17,19-20,22,24-25,34,37H,2-4,7-10,12,15-16H2,1H3,(H,33,38)(H,35,36,39)/t17-,19+,20?,22?,24-,25-/m0/s1. The highest BCUT2D eigenvalue weighted by atomic mass is 32.1. The zero-order valence-electron chi connectivity index (χ0n) is 23.8. The van der Waals surface area contributed by atoms with Crippen LogP contribution in [-0.4, -0.2) is 75.9 Å². The molecule has 2 saturated carbocycles. The molecule has 6 rings (SSSR count). The normalized spacial score (nSPS) is 26.2. The number of nitrogens with zero attached hydrogens (tertiary/aromatic N) is 3. The minimum atomic E-state index is -0.398. The Hall–Kier alpha value is -3.03. The maximum atomic E-state index is 12.9. The molecule has 224 valence electrons. The molecule has 2 aromatic heterocycles. The molecule has 42 heavy (non-hydrogen) atoms. The number of hydrogen-bond acceptors (Lipinski definition) is 10. The van der Waals surface area contributed by atoms with Crippen LogP contribution in [-0.2, 0) is 25.7 Å². The molecule has 3 aromatic rings. The molecule has 1 aromatic carbocycles. The van der Waals surface area contributed by atoms with Gasteiger partial charge in [0.05, 0.1) is 34.9 Å². The fraction of sp³-hybridized carbons (Fsp3) is 0.567. The average molecular weight is 595 g/mol. The number of fused-ring (bicyclic) bond motifs is 1. The summed E-state index contributed by atoms with van der Waals surface area (Å²) >= 11 is 1.45. The van der Waals surface area contributed by atoms with Crippen LogP contribution < -0.4 is 16.0 Å². The van der Waals surface area contributed by atoms with Crippen molar-refractivity contribution in [2.75, 3.05) is 25.1 Å². The van der Waals surface area contributed by atoms with Crippen LogP contribution >= 0.6 is 11.3 Å². The Bertz CT molecular complexity index is 1390. The second kappa shape index (κ2) is 13.1. The van der Waals surface area contributed by atoms with Crippen molar-refractivity contribution in [3.05, 3.63) is 36.4 Å². The van der Waals surface area contributed by atoms with Gasteiger partial charge in [-0.05, 0) is 63.1 Å². The first-order valence-electron chi connectivity index (χ1n) is 14.8. The summed E-state index contributed by atoms with van der Waals surface area (Å²) in [6.07, 6.45) is 7.98. The van der Waals surface area contributed by atoms with E-state index in [-0.39, 0.29) is 48.4 Å². The van der Waals surface area contributed by atoms with Crippen LogP contribution in [0, 0.1) is 11.8 Å². The molecule has 3 aliphatic rings. The van der Waals surface area contributed by atoms with Gasteiger partial charge in [0.1, 0.15) is 6.61 Å². The van der Waals surface area contributed by atoms with Crippen molar-refractivity contribution in [1.82, 2.24) is 25.6 Å². The van der Waals surface area contributed by atoms with Crippen LogP contribution in [0.3, 0.4) is 0 Å². The van der Waals surface area contributed by atoms with Gasteiger partial charge in [-0.1, -0.05) is 17.4 Å². The largest absolute Gasteiger partial charge is 0.390 e. The number of benzene rings is 1. The molecule has 1 saturated heterocycles. The highest BCUT2D eigenvalue weighted by Crippen LogP contribution is 2.33. The summed E-state index contributed by atoms with van der Waals surface area (Å²) < 4.78 is 12.0. The summed E-state index contributed by atoms with van der Waals surface area (Å²) in [4.78, 5) is 38.5. The lowest BCUT2D eigenvalue weighted by Gasteiger charge is -2.36. The molecule has 3 heterocycles. The van der Waals surface area contributed by atoms with E-state index in [0.717, 1.165) is 59.9 Å². The molecule has 1 aliphatic heterocycles. The van der Waals surface area contributed by atoms with Crippen LogP contribution in [0.1, 0.15) is 51.3 Å². The first-order valence-corrected chi connectivity index (χ1v) is 15.7. The lowest BCUT2D eigenvalue weighted by molar-refractivity contribution is -0.125. The second-order valence-corrected chi connectivity index (χ2v) is 12.7. The summed E-state index contributed by atoms with van der Waals surface area (Å²) in [6.45, 7) is 4.06. The summed E-state index contributed by atoms with van der Waals surface area (Å²) in [6, 6.07) is 6.35. The Balaban J connectivity index is 0.959. The molecule has 2 aliphatic carbocycles. The van der Waals surface area contributed by atoms with Gasteiger partial charge in [-0.15, -0.1) is 0 Å². The predicted molar refractivity (Wildman–Crippen MR) is 159 cm³/mol. The van der Waals surface area contributed by atoms with Gasteiger partial charge >= 0.3 is 0 Å². The highest BCUT2D eigenvalue weighted by Gasteiger charge is 2.35. The second-order valence-electron chi connectivity index (χ2n) is 11.7. The number of aromatic nitrogens is 3. The number of anilines is 1. The van der Waals surface area contributed by atoms with Crippen LogP contribution in [0.15, 0.2) is 30.6 Å². The molecule has 4 N–H and O–H groups in total. The third-order valence-corrected chi connectivity index (χ3v) is 9.35. The molecule has 2 amide bonds. The fourth-order valence-electron chi connectivity index (χ4n) is 5.79. The van der Waals surface area contributed by atoms with Crippen molar-refractivity contribution in [2.24, 2.45) is 11.8 Å². The molecule has 12 heteroatoms. The summed E-state index contributed by atoms with van der Waals surface area (Å²) in [5.74, 6) is 0.548. The van der Waals surface area contributed by atoms with Crippen molar-refractivity contribution in [1.29, 1.82) is 0 Å². The minimum Gasteiger partial charge on any atom is -0.390 e. The van der Waals surface area contributed by atoms with E-state index < -0.39 is 6.10 Å². The average Bonchev–Trinajstić information content (AvgIpc) is 3.73. The molecule has 11 nitrogen and oxygen atoms in total. The van der Waals surface area contributed by atoms with E-state index in [1.54, 1.807) is 12.4 Å². The van der Waals surface area contributed by atoms with E-state index in [1.165, 1.54) is 11.3 Å². The van der Waals surface area contributed by atoms with Crippen LogP contribution in [0.25, 0.3) is 21.3 Å². The van der Waals surface area contributed by atoms with Gasteiger partial charge in [-0.2, -0.15) is 0 Å². The topological polar surface area (TPSA) is 148 Å². The lowest BCUT2D eigenvalue weighted by atomic mass is 9.79. The van der Waals surface area contributed by atoms with Crippen molar-refractivity contribution < 1.29 is 24.2 Å². The molecule has 0 unspecified atom stereocenters. The number of rotatable bonds is 11. The van der Waals surface area contributed by atoms with E-state index in [2.05, 4.69) is 30.9 Å². The number of amides is 2. The van der Waals surface area contributed by atoms with Gasteiger partial charge in [0.15, 0.2) is 11.0 Å². The van der Waals surface area contributed by atoms with Crippen molar-refractivity contribution in [3.8, 4) is 11.1 Å². The molecule has 4 atom stereocenters. The van der Waals surface area contributed by atoms with Gasteiger partial charge < -0.3 is 30.5 Å². The van der Waals surface area contributed by atoms with E-state index >= 15 is 0 Å². The number of nitrogens with one attached hydrogen (secondary N) is 3. The molecule has 3 fully saturated rings. The van der Waals surface area contributed by atoms with E-state index in [9.17, 15) is 14.7 Å². The lowest BCUT2D eigenvalue weighted by Crippen LogP contribution is -2.51. The Labute approximate surface area is 248 Å². The van der Waals surface area contributed by atoms with Gasteiger partial charge in [0, 0.05) is 49.1 Å². The summed E-state index contributed by atoms with van der Waals surface area (Å²) in [7, 11) is 0. The van der Waals surface area contributed by atoms with Gasteiger partial charge in [-0.3, -0.25) is 9.59 Å². The number of aliphatic hydroxyl groups excluding tert-OH is 1. The maximum absolute atomic E-state index is 12.9. The number of thiazole rings is 1. The van der Waals surface area contributed by atoms with Gasteiger partial charge in [0.2, 0.25) is 11.8 Å². The zero-order valence-corrected chi connectivity index (χ0v) is 24.6. The molecule has 0 spiro atoms. The number of hydrogen-bond donors (Lipinski definition) is 4. The van der Waals surface area contributed by atoms with E-state index in [1.807, 2.05) is 25.1 Å². The Morgan fingerprint density at radius 2 is 1.95 bits per heavy atom. The smallest absolute Gasteiger partial charge is 0.229 e. The van der Waals surface area contributed by atoms with Crippen molar-refractivity contribution in [3.63, 3.8) is 0 Å². The number of carbonyl (C=O) groups excluding carboxylic acids is 2.